The Morgan fingerprint density at radius 2 is 1.35 bits per heavy atom. The van der Waals surface area contributed by atoms with E-state index in [4.69, 9.17) is 23.7 Å². The number of hydrogen-bond acceptors (Lipinski definition) is 9. The summed E-state index contributed by atoms with van der Waals surface area (Å²) in [5.41, 5.74) is 3.00. The minimum absolute atomic E-state index is 0.0147. The highest BCUT2D eigenvalue weighted by Gasteiger charge is 2.24. The predicted octanol–water partition coefficient (Wildman–Crippen LogP) is 6.83. The molecule has 0 unspecified atom stereocenters. The predicted molar refractivity (Wildman–Crippen MR) is 204 cm³/mol. The van der Waals surface area contributed by atoms with Crippen molar-refractivity contribution >= 4 is 31.9 Å². The van der Waals surface area contributed by atoms with Gasteiger partial charge in [0.25, 0.3) is 0 Å². The van der Waals surface area contributed by atoms with Crippen LogP contribution in [0.2, 0.25) is 51.4 Å². The van der Waals surface area contributed by atoms with Crippen LogP contribution < -0.4 is 23.8 Å². The second-order valence-electron chi connectivity index (χ2n) is 14.5. The van der Waals surface area contributed by atoms with E-state index in [1.54, 1.807) is 25.3 Å². The summed E-state index contributed by atoms with van der Waals surface area (Å²) in [4.78, 5) is 0. The topological polar surface area (TPSA) is 116 Å². The van der Waals surface area contributed by atoms with E-state index < -0.39 is 32.3 Å². The zero-order valence-corrected chi connectivity index (χ0v) is 33.3. The average molecular weight is 733 g/mol. The van der Waals surface area contributed by atoms with E-state index in [0.717, 1.165) is 41.0 Å². The van der Waals surface area contributed by atoms with Gasteiger partial charge in [-0.25, -0.2) is 12.7 Å². The van der Waals surface area contributed by atoms with Gasteiger partial charge in [0.2, 0.25) is 10.0 Å². The van der Waals surface area contributed by atoms with Gasteiger partial charge < -0.3 is 34.1 Å². The fourth-order valence-electron chi connectivity index (χ4n) is 4.60. The molecule has 0 aliphatic carbocycles. The Hall–Kier alpha value is -2.92. The molecule has 0 aliphatic heterocycles. The molecular formula is C36H56N2O8SSi2. The third-order valence-electron chi connectivity index (χ3n) is 7.70. The lowest BCUT2D eigenvalue weighted by Gasteiger charge is -2.26. The highest BCUT2D eigenvalue weighted by atomic mass is 32.2. The fourth-order valence-corrected chi connectivity index (χ4v) is 6.87. The van der Waals surface area contributed by atoms with Gasteiger partial charge in [-0.3, -0.25) is 0 Å². The Bertz CT molecular complexity index is 1530. The molecule has 0 aromatic heterocycles. The lowest BCUT2D eigenvalue weighted by Crippen LogP contribution is -2.34. The number of nitrogens with one attached hydrogen (secondary N) is 1. The Morgan fingerprint density at radius 1 is 0.776 bits per heavy atom. The Morgan fingerprint density at radius 3 is 1.90 bits per heavy atom. The minimum Gasteiger partial charge on any atom is -0.497 e. The maximum atomic E-state index is 13.0. The van der Waals surface area contributed by atoms with E-state index in [-0.39, 0.29) is 20.1 Å². The molecule has 0 saturated carbocycles. The number of sulfonamides is 1. The van der Waals surface area contributed by atoms with E-state index in [1.807, 2.05) is 48.5 Å². The normalized spacial score (nSPS) is 12.8. The monoisotopic (exact) mass is 732 g/mol. The van der Waals surface area contributed by atoms with Gasteiger partial charge >= 0.3 is 0 Å². The van der Waals surface area contributed by atoms with E-state index in [2.05, 4.69) is 44.6 Å². The molecule has 2 N–H and O–H groups in total. The summed E-state index contributed by atoms with van der Waals surface area (Å²) < 4.78 is 55.8. The molecule has 49 heavy (non-hydrogen) atoms. The molecule has 13 heteroatoms. The Balaban J connectivity index is 1.61. The number of hydrogen-bond donors (Lipinski definition) is 2. The second-order valence-corrected chi connectivity index (χ2v) is 27.6. The number of aliphatic hydroxyl groups is 1. The molecule has 0 spiro atoms. The minimum atomic E-state index is -3.74. The number of aliphatic hydroxyl groups excluding tert-OH is 1. The third kappa shape index (κ3) is 14.8. The highest BCUT2D eigenvalue weighted by Crippen LogP contribution is 2.33. The van der Waals surface area contributed by atoms with Crippen LogP contribution in [0.5, 0.6) is 17.2 Å². The summed E-state index contributed by atoms with van der Waals surface area (Å²) in [6, 6.07) is 22.7. The second kappa shape index (κ2) is 18.9. The summed E-state index contributed by atoms with van der Waals surface area (Å²) >= 11 is 0. The first-order chi connectivity index (χ1) is 23.1. The first-order valence-electron chi connectivity index (χ1n) is 16.7. The SMILES string of the molecule is COc1ccc(-c2ccc(OCCNC[C@H](O)c3ccc(OCOCC[Si](C)(C)C)c(N(COCC[Si](C)(C)C)S(C)(=O)=O)c3)cc2)cc1. The van der Waals surface area contributed by atoms with Crippen LogP contribution in [0.3, 0.4) is 0 Å². The molecular weight excluding hydrogens is 677 g/mol. The van der Waals surface area contributed by atoms with Crippen LogP contribution in [-0.4, -0.2) is 89.5 Å². The van der Waals surface area contributed by atoms with Gasteiger partial charge in [-0.05, 0) is 65.2 Å². The van der Waals surface area contributed by atoms with E-state index in [1.165, 1.54) is 4.31 Å². The van der Waals surface area contributed by atoms with E-state index in [0.29, 0.717) is 43.4 Å². The van der Waals surface area contributed by atoms with Crippen LogP contribution in [0.15, 0.2) is 66.7 Å². The van der Waals surface area contributed by atoms with E-state index >= 15 is 0 Å². The van der Waals surface area contributed by atoms with Gasteiger partial charge in [-0.15, -0.1) is 0 Å². The lowest BCUT2D eigenvalue weighted by molar-refractivity contribution is 0.0222. The summed E-state index contributed by atoms with van der Waals surface area (Å²) in [6.45, 7) is 15.5. The Kier molecular flexibility index (Phi) is 15.6. The molecule has 272 valence electrons. The number of benzene rings is 3. The fraction of sp³-hybridized carbons (Fsp3) is 0.500. The van der Waals surface area contributed by atoms with Crippen LogP contribution in [-0.2, 0) is 19.5 Å². The maximum absolute atomic E-state index is 13.0. The van der Waals surface area contributed by atoms with Gasteiger partial charge in [0.05, 0.1) is 25.2 Å². The molecule has 0 fully saturated rings. The summed E-state index contributed by atoms with van der Waals surface area (Å²) in [5, 5.41) is 14.3. The third-order valence-corrected chi connectivity index (χ3v) is 12.2. The molecule has 0 radical (unpaired) electrons. The molecule has 3 aromatic rings. The molecule has 0 aliphatic rings. The highest BCUT2D eigenvalue weighted by molar-refractivity contribution is 7.92. The summed E-state index contributed by atoms with van der Waals surface area (Å²) in [5.74, 6) is 1.90. The molecule has 0 amide bonds. The van der Waals surface area contributed by atoms with Crippen molar-refractivity contribution in [2.45, 2.75) is 57.5 Å². The van der Waals surface area contributed by atoms with Gasteiger partial charge in [-0.1, -0.05) is 69.6 Å². The van der Waals surface area contributed by atoms with Crippen molar-refractivity contribution in [3.05, 3.63) is 72.3 Å². The zero-order chi connectivity index (χ0) is 36.1. The Labute approximate surface area is 295 Å². The van der Waals surface area contributed by atoms with Gasteiger partial charge in [0.15, 0.2) is 6.79 Å². The van der Waals surface area contributed by atoms with Crippen LogP contribution in [0.1, 0.15) is 11.7 Å². The maximum Gasteiger partial charge on any atom is 0.234 e. The summed E-state index contributed by atoms with van der Waals surface area (Å²) in [6.07, 6.45) is 0.235. The first kappa shape index (κ1) is 40.5. The largest absolute Gasteiger partial charge is 0.497 e. The van der Waals surface area contributed by atoms with Crippen LogP contribution in [0.4, 0.5) is 5.69 Å². The lowest BCUT2D eigenvalue weighted by atomic mass is 10.1. The average Bonchev–Trinajstić information content (AvgIpc) is 3.03. The molecule has 10 nitrogen and oxygen atoms in total. The number of nitrogens with zero attached hydrogens (tertiary/aromatic N) is 1. The standard InChI is InChI=1S/C36H56N2O8SSi2/c1-42-32-14-9-29(10-15-32)30-11-16-33(17-12-30)45-20-19-37-26-35(39)31-13-18-36(46-28-44-22-24-49(6,7)8)34(25-31)38(47(2,40)41)27-43-21-23-48(3,4)5/h9-18,25,35,37,39H,19-24,26-28H2,1-8H3/t35-/m0/s1. The van der Waals surface area contributed by atoms with Gasteiger partial charge in [0, 0.05) is 42.5 Å². The van der Waals surface area contributed by atoms with Crippen molar-refractivity contribution in [3.63, 3.8) is 0 Å². The molecule has 0 heterocycles. The van der Waals surface area contributed by atoms with Crippen molar-refractivity contribution in [2.75, 3.05) is 64.1 Å². The smallest absolute Gasteiger partial charge is 0.234 e. The van der Waals surface area contributed by atoms with Crippen molar-refractivity contribution in [3.8, 4) is 28.4 Å². The molecule has 0 bridgehead atoms. The number of methoxy groups -OCH3 is 1. The summed E-state index contributed by atoms with van der Waals surface area (Å²) in [7, 11) is -4.73. The number of ether oxygens (including phenoxy) is 5. The first-order valence-corrected chi connectivity index (χ1v) is 26.0. The van der Waals surface area contributed by atoms with Crippen molar-refractivity contribution in [1.82, 2.24) is 5.32 Å². The molecule has 1 atom stereocenters. The zero-order valence-electron chi connectivity index (χ0n) is 30.5. The molecule has 3 aromatic carbocycles. The molecule has 3 rings (SSSR count). The van der Waals surface area contributed by atoms with Crippen LogP contribution >= 0.6 is 0 Å². The van der Waals surface area contributed by atoms with Gasteiger partial charge in [-0.2, -0.15) is 0 Å². The quantitative estimate of drug-likeness (QED) is 0.0652. The molecule has 0 saturated heterocycles. The van der Waals surface area contributed by atoms with Crippen LogP contribution in [0.25, 0.3) is 11.1 Å². The van der Waals surface area contributed by atoms with Crippen molar-refractivity contribution in [1.29, 1.82) is 0 Å². The van der Waals surface area contributed by atoms with Crippen LogP contribution in [0, 0.1) is 0 Å². The number of anilines is 1. The van der Waals surface area contributed by atoms with Crippen molar-refractivity contribution < 1.29 is 37.2 Å². The van der Waals surface area contributed by atoms with Gasteiger partial charge in [0.1, 0.15) is 30.6 Å². The van der Waals surface area contributed by atoms with E-state index in [9.17, 15) is 13.5 Å². The number of rotatable bonds is 22. The van der Waals surface area contributed by atoms with Crippen molar-refractivity contribution in [2.24, 2.45) is 0 Å².